The minimum absolute atomic E-state index is 0.215. The molecule has 1 amide bonds. The lowest BCUT2D eigenvalue weighted by molar-refractivity contribution is -0.141. The highest BCUT2D eigenvalue weighted by molar-refractivity contribution is 7.92. The normalized spacial score (nSPS) is 13.2. The monoisotopic (exact) mass is 473 g/mol. The highest BCUT2D eigenvalue weighted by Gasteiger charge is 2.32. The lowest BCUT2D eigenvalue weighted by Gasteiger charge is -2.15. The van der Waals surface area contributed by atoms with Crippen molar-refractivity contribution in [2.75, 3.05) is 11.0 Å². The number of anilines is 1. The lowest BCUT2D eigenvalue weighted by Crippen LogP contribution is -2.24. The Hall–Kier alpha value is -2.95. The fourth-order valence-electron chi connectivity index (χ4n) is 2.85. The molecule has 1 unspecified atom stereocenters. The second-order valence-electron chi connectivity index (χ2n) is 7.16. The molecule has 0 aliphatic heterocycles. The van der Waals surface area contributed by atoms with Crippen molar-refractivity contribution in [3.05, 3.63) is 64.7 Å². The smallest absolute Gasteiger partial charge is 0.346 e. The zero-order chi connectivity index (χ0) is 24.1. The topological polar surface area (TPSA) is 88.2 Å². The van der Waals surface area contributed by atoms with E-state index >= 15 is 0 Å². The minimum atomic E-state index is -4.56. The zero-order valence-electron chi connectivity index (χ0n) is 17.6. The van der Waals surface area contributed by atoms with Crippen molar-refractivity contribution in [1.82, 2.24) is 10.3 Å². The third-order valence-electron chi connectivity index (χ3n) is 4.35. The molecule has 1 aromatic heterocycles. The maximum absolute atomic E-state index is 14.1. The summed E-state index contributed by atoms with van der Waals surface area (Å²) in [4.78, 5) is 15.9. The Bertz CT molecular complexity index is 1120. The predicted octanol–water partition coefficient (Wildman–Crippen LogP) is 4.45. The van der Waals surface area contributed by atoms with E-state index in [1.54, 1.807) is 13.8 Å². The summed E-state index contributed by atoms with van der Waals surface area (Å²) >= 11 is 0. The maximum Gasteiger partial charge on any atom is 0.433 e. The van der Waals surface area contributed by atoms with Gasteiger partial charge in [-0.1, -0.05) is 25.5 Å². The Labute approximate surface area is 183 Å². The number of aromatic nitrogens is 1. The number of hydrogen-bond acceptors (Lipinski definition) is 4. The number of halogens is 4. The van der Waals surface area contributed by atoms with Crippen molar-refractivity contribution in [3.63, 3.8) is 0 Å². The first-order chi connectivity index (χ1) is 14.8. The van der Waals surface area contributed by atoms with Crippen LogP contribution in [0.2, 0.25) is 0 Å². The first kappa shape index (κ1) is 25.3. The molecule has 174 valence electrons. The standard InChI is InChI=1S/C21H23F4N3O3S/c1-4-5-17-14(7-10-19(27-17)21(23,24)25)8-11-20(29)26-13(2)15-6-9-18(16(22)12-15)28-32(3,30)31/h6-13,28H,4-5H2,1-3H3,(H,26,29). The molecule has 0 aliphatic rings. The van der Waals surface area contributed by atoms with Gasteiger partial charge in [0.2, 0.25) is 15.9 Å². The third-order valence-corrected chi connectivity index (χ3v) is 4.94. The van der Waals surface area contributed by atoms with Gasteiger partial charge in [0, 0.05) is 11.8 Å². The molecule has 0 aliphatic carbocycles. The molecule has 1 heterocycles. The number of nitrogens with zero attached hydrogens (tertiary/aromatic N) is 1. The molecule has 0 saturated carbocycles. The summed E-state index contributed by atoms with van der Waals surface area (Å²) in [6, 6.07) is 5.31. The second-order valence-corrected chi connectivity index (χ2v) is 8.91. The molecule has 2 rings (SSSR count). The molecule has 32 heavy (non-hydrogen) atoms. The third kappa shape index (κ3) is 7.33. The van der Waals surface area contributed by atoms with Crippen LogP contribution in [0.15, 0.2) is 36.4 Å². The largest absolute Gasteiger partial charge is 0.433 e. The van der Waals surface area contributed by atoms with Gasteiger partial charge < -0.3 is 5.32 Å². The summed E-state index contributed by atoms with van der Waals surface area (Å²) in [7, 11) is -3.64. The molecule has 0 bridgehead atoms. The van der Waals surface area contributed by atoms with Crippen LogP contribution in [0.3, 0.4) is 0 Å². The van der Waals surface area contributed by atoms with Crippen LogP contribution < -0.4 is 10.0 Å². The number of sulfonamides is 1. The van der Waals surface area contributed by atoms with Crippen LogP contribution in [0.25, 0.3) is 6.08 Å². The van der Waals surface area contributed by atoms with Crippen molar-refractivity contribution >= 4 is 27.7 Å². The fraction of sp³-hybridized carbons (Fsp3) is 0.333. The van der Waals surface area contributed by atoms with E-state index in [1.807, 2.05) is 4.72 Å². The van der Waals surface area contributed by atoms with Gasteiger partial charge in [-0.25, -0.2) is 17.8 Å². The van der Waals surface area contributed by atoms with E-state index in [2.05, 4.69) is 10.3 Å². The first-order valence-corrected chi connectivity index (χ1v) is 11.5. The van der Waals surface area contributed by atoms with Gasteiger partial charge in [0.1, 0.15) is 11.5 Å². The van der Waals surface area contributed by atoms with E-state index in [9.17, 15) is 30.8 Å². The Morgan fingerprint density at radius 3 is 2.47 bits per heavy atom. The van der Waals surface area contributed by atoms with Gasteiger partial charge in [-0.3, -0.25) is 9.52 Å². The number of nitrogens with one attached hydrogen (secondary N) is 2. The number of aryl methyl sites for hydroxylation is 1. The van der Waals surface area contributed by atoms with Gasteiger partial charge in [-0.2, -0.15) is 13.2 Å². The first-order valence-electron chi connectivity index (χ1n) is 9.63. The molecule has 2 N–H and O–H groups in total. The maximum atomic E-state index is 14.1. The number of rotatable bonds is 8. The van der Waals surface area contributed by atoms with Gasteiger partial charge in [-0.05, 0) is 48.7 Å². The Balaban J connectivity index is 2.12. The summed E-state index contributed by atoms with van der Waals surface area (Å²) < 4.78 is 77.3. The number of benzene rings is 1. The van der Waals surface area contributed by atoms with Crippen molar-refractivity contribution in [1.29, 1.82) is 0 Å². The molecule has 1 atom stereocenters. The van der Waals surface area contributed by atoms with Crippen molar-refractivity contribution in [2.45, 2.75) is 38.9 Å². The Morgan fingerprint density at radius 2 is 1.91 bits per heavy atom. The molecular weight excluding hydrogens is 450 g/mol. The molecule has 11 heteroatoms. The average molecular weight is 473 g/mol. The van der Waals surface area contributed by atoms with Gasteiger partial charge >= 0.3 is 6.18 Å². The van der Waals surface area contributed by atoms with Crippen LogP contribution in [0.4, 0.5) is 23.2 Å². The molecule has 6 nitrogen and oxygen atoms in total. The minimum Gasteiger partial charge on any atom is -0.346 e. The molecule has 2 aromatic rings. The van der Waals surface area contributed by atoms with E-state index in [0.717, 1.165) is 24.5 Å². The van der Waals surface area contributed by atoms with Crippen LogP contribution in [0.5, 0.6) is 0 Å². The lowest BCUT2D eigenvalue weighted by atomic mass is 10.1. The van der Waals surface area contributed by atoms with E-state index in [1.165, 1.54) is 24.3 Å². The summed E-state index contributed by atoms with van der Waals surface area (Å²) in [5.41, 5.74) is -0.188. The molecule has 1 aromatic carbocycles. The summed E-state index contributed by atoms with van der Waals surface area (Å²) in [6.07, 6.45) is -0.231. The van der Waals surface area contributed by atoms with Crippen LogP contribution in [0.1, 0.15) is 48.8 Å². The Kier molecular flexibility index (Phi) is 8.00. The molecular formula is C21H23F4N3O3S. The zero-order valence-corrected chi connectivity index (χ0v) is 18.4. The summed E-state index contributed by atoms with van der Waals surface area (Å²) in [6.45, 7) is 3.41. The Morgan fingerprint density at radius 1 is 1.22 bits per heavy atom. The van der Waals surface area contributed by atoms with Crippen LogP contribution in [0, 0.1) is 5.82 Å². The SMILES string of the molecule is CCCc1nc(C(F)(F)F)ccc1C=CC(=O)NC(C)c1ccc(NS(C)(=O)=O)c(F)c1. The van der Waals surface area contributed by atoms with Crippen LogP contribution >= 0.6 is 0 Å². The summed E-state index contributed by atoms with van der Waals surface area (Å²) in [5, 5.41) is 2.62. The van der Waals surface area contributed by atoms with Crippen molar-refractivity contribution in [3.8, 4) is 0 Å². The molecule has 0 saturated heterocycles. The highest BCUT2D eigenvalue weighted by Crippen LogP contribution is 2.29. The number of amides is 1. The molecule has 0 fully saturated rings. The van der Waals surface area contributed by atoms with E-state index in [-0.39, 0.29) is 11.4 Å². The highest BCUT2D eigenvalue weighted by atomic mass is 32.2. The van der Waals surface area contributed by atoms with Crippen LogP contribution in [-0.4, -0.2) is 25.6 Å². The number of carbonyl (C=O) groups is 1. The van der Waals surface area contributed by atoms with Crippen molar-refractivity contribution < 1.29 is 30.8 Å². The van der Waals surface area contributed by atoms with E-state index < -0.39 is 39.7 Å². The number of pyridine rings is 1. The van der Waals surface area contributed by atoms with E-state index in [4.69, 9.17) is 0 Å². The predicted molar refractivity (Wildman–Crippen MR) is 114 cm³/mol. The molecule has 0 radical (unpaired) electrons. The van der Waals surface area contributed by atoms with E-state index in [0.29, 0.717) is 24.0 Å². The van der Waals surface area contributed by atoms with Crippen LogP contribution in [-0.2, 0) is 27.4 Å². The number of carbonyl (C=O) groups excluding carboxylic acids is 1. The van der Waals surface area contributed by atoms with Gasteiger partial charge in [0.25, 0.3) is 0 Å². The second kappa shape index (κ2) is 10.1. The van der Waals surface area contributed by atoms with Gasteiger partial charge in [-0.15, -0.1) is 0 Å². The quantitative estimate of drug-likeness (QED) is 0.438. The van der Waals surface area contributed by atoms with Gasteiger partial charge in [0.05, 0.1) is 18.0 Å². The average Bonchev–Trinajstić information content (AvgIpc) is 2.67. The number of alkyl halides is 3. The van der Waals surface area contributed by atoms with Gasteiger partial charge in [0.15, 0.2) is 0 Å². The fourth-order valence-corrected chi connectivity index (χ4v) is 3.42. The molecule has 0 spiro atoms. The van der Waals surface area contributed by atoms with Crippen molar-refractivity contribution in [2.24, 2.45) is 0 Å². The summed E-state index contributed by atoms with van der Waals surface area (Å²) in [5.74, 6) is -1.34. The number of hydrogen-bond donors (Lipinski definition) is 2.